The van der Waals surface area contributed by atoms with Crippen LogP contribution in [0.2, 0.25) is 6.82 Å². The topological polar surface area (TPSA) is 3.24 Å². The van der Waals surface area contributed by atoms with E-state index < -0.39 is 0 Å². The Bertz CT molecular complexity index is 313. The first kappa shape index (κ1) is 12.3. The first-order valence-corrected chi connectivity index (χ1v) is 5.73. The van der Waals surface area contributed by atoms with Crippen molar-refractivity contribution in [1.29, 1.82) is 0 Å². The molecule has 0 atom stereocenters. The molecule has 0 N–H and O–H groups in total. The fourth-order valence-electron chi connectivity index (χ4n) is 2.14. The Morgan fingerprint density at radius 1 is 1.13 bits per heavy atom. The quantitative estimate of drug-likeness (QED) is 0.682. The number of nitrogens with zero attached hydrogens (tertiary/aromatic N) is 1. The molecule has 0 saturated carbocycles. The Kier molecular flexibility index (Phi) is 3.98. The summed E-state index contributed by atoms with van der Waals surface area (Å²) in [4.78, 5) is 2.41. The minimum atomic E-state index is 0.492. The molecule has 1 aromatic rings. The molecule has 0 aliphatic heterocycles. The molecule has 0 aliphatic rings. The highest BCUT2D eigenvalue weighted by Gasteiger charge is 2.21. The zero-order valence-corrected chi connectivity index (χ0v) is 10.8. The van der Waals surface area contributed by atoms with Crippen LogP contribution in [-0.2, 0) is 0 Å². The summed E-state index contributed by atoms with van der Waals surface area (Å²) in [6, 6.07) is 7.12. The van der Waals surface area contributed by atoms with E-state index >= 15 is 0 Å². The van der Waals surface area contributed by atoms with Crippen LogP contribution in [0, 0.1) is 13.8 Å². The predicted octanol–water partition coefficient (Wildman–Crippen LogP) is 2.47. The highest BCUT2D eigenvalue weighted by Crippen LogP contribution is 2.06. The molecule has 0 unspecified atom stereocenters. The lowest BCUT2D eigenvalue weighted by atomic mass is 9.53. The third-order valence-corrected chi connectivity index (χ3v) is 3.39. The maximum absolute atomic E-state index is 2.41. The third-order valence-electron chi connectivity index (χ3n) is 3.39. The van der Waals surface area contributed by atoms with Crippen LogP contribution in [0.4, 0.5) is 0 Å². The minimum Gasteiger partial charge on any atom is -0.339 e. The van der Waals surface area contributed by atoms with Gasteiger partial charge in [-0.05, 0) is 26.9 Å². The molecule has 2 heteroatoms. The largest absolute Gasteiger partial charge is 0.339 e. The summed E-state index contributed by atoms with van der Waals surface area (Å²) in [6.45, 7) is 11.7. The van der Waals surface area contributed by atoms with Gasteiger partial charge in [0.15, 0.2) is 0 Å². The van der Waals surface area contributed by atoms with Gasteiger partial charge in [0.2, 0.25) is 0 Å². The van der Waals surface area contributed by atoms with Crippen LogP contribution in [-0.4, -0.2) is 24.7 Å². The molecular weight excluding hydrogens is 181 g/mol. The average Bonchev–Trinajstić information content (AvgIpc) is 2.15. The van der Waals surface area contributed by atoms with Crippen molar-refractivity contribution < 1.29 is 0 Å². The van der Waals surface area contributed by atoms with Gasteiger partial charge in [0.25, 0.3) is 6.85 Å². The molecule has 0 saturated heterocycles. The Morgan fingerprint density at radius 2 is 1.60 bits per heavy atom. The van der Waals surface area contributed by atoms with Crippen LogP contribution in [0.5, 0.6) is 0 Å². The van der Waals surface area contributed by atoms with Crippen molar-refractivity contribution >= 4 is 12.3 Å². The van der Waals surface area contributed by atoms with Gasteiger partial charge in [-0.1, -0.05) is 55.5 Å². The average molecular weight is 203 g/mol. The van der Waals surface area contributed by atoms with Crippen molar-refractivity contribution in [3.63, 3.8) is 0 Å². The molecule has 0 radical (unpaired) electrons. The van der Waals surface area contributed by atoms with E-state index in [4.69, 9.17) is 0 Å². The summed E-state index contributed by atoms with van der Waals surface area (Å²) in [5.41, 5.74) is 4.28. The molecule has 0 aromatic heterocycles. The van der Waals surface area contributed by atoms with Gasteiger partial charge < -0.3 is 4.81 Å². The zero-order chi connectivity index (χ0) is 11.6. The summed E-state index contributed by atoms with van der Waals surface area (Å²) in [7, 11) is 2.20. The highest BCUT2D eigenvalue weighted by atomic mass is 15.0. The fraction of sp³-hybridized carbons (Fsp3) is 0.538. The first-order valence-electron chi connectivity index (χ1n) is 5.73. The second-order valence-electron chi connectivity index (χ2n) is 4.74. The van der Waals surface area contributed by atoms with Crippen molar-refractivity contribution in [2.24, 2.45) is 0 Å². The van der Waals surface area contributed by atoms with E-state index in [1.54, 1.807) is 0 Å². The zero-order valence-electron chi connectivity index (χ0n) is 10.8. The van der Waals surface area contributed by atoms with Crippen LogP contribution >= 0.6 is 0 Å². The highest BCUT2D eigenvalue weighted by molar-refractivity contribution is 6.70. The van der Waals surface area contributed by atoms with Gasteiger partial charge in [0, 0.05) is 0 Å². The van der Waals surface area contributed by atoms with Crippen LogP contribution in [0.3, 0.4) is 0 Å². The maximum Gasteiger partial charge on any atom is 0.254 e. The molecule has 1 rings (SSSR count). The smallest absolute Gasteiger partial charge is 0.254 e. The van der Waals surface area contributed by atoms with Crippen LogP contribution in [0.1, 0.15) is 25.0 Å². The SMILES string of the molecule is CB(c1c(C)cccc1C)N(C)C(C)C. The molecule has 0 bridgehead atoms. The van der Waals surface area contributed by atoms with Crippen LogP contribution in [0.25, 0.3) is 0 Å². The Labute approximate surface area is 94.6 Å². The maximum atomic E-state index is 2.41. The molecule has 1 nitrogen and oxygen atoms in total. The third kappa shape index (κ3) is 2.63. The molecule has 0 aliphatic carbocycles. The van der Waals surface area contributed by atoms with Gasteiger partial charge >= 0.3 is 0 Å². The number of hydrogen-bond donors (Lipinski definition) is 0. The summed E-state index contributed by atoms with van der Waals surface area (Å²) in [5.74, 6) is 0. The summed E-state index contributed by atoms with van der Waals surface area (Å²) in [6.07, 6.45) is 0. The van der Waals surface area contributed by atoms with E-state index in [9.17, 15) is 0 Å². The van der Waals surface area contributed by atoms with Crippen molar-refractivity contribution in [2.75, 3.05) is 7.05 Å². The minimum absolute atomic E-state index is 0.492. The van der Waals surface area contributed by atoms with E-state index in [0.717, 1.165) is 0 Å². The molecule has 15 heavy (non-hydrogen) atoms. The second kappa shape index (κ2) is 4.85. The van der Waals surface area contributed by atoms with Crippen molar-refractivity contribution in [2.45, 2.75) is 40.6 Å². The number of hydrogen-bond acceptors (Lipinski definition) is 1. The van der Waals surface area contributed by atoms with Crippen molar-refractivity contribution in [1.82, 2.24) is 4.81 Å². The van der Waals surface area contributed by atoms with Gasteiger partial charge in [-0.15, -0.1) is 0 Å². The Morgan fingerprint density at radius 3 is 2.00 bits per heavy atom. The summed E-state index contributed by atoms with van der Waals surface area (Å²) in [5, 5.41) is 0. The molecule has 1 aromatic carbocycles. The Hall–Kier alpha value is -0.755. The number of aryl methyl sites for hydroxylation is 2. The molecular formula is C13H22BN. The molecule has 82 valence electrons. The normalized spacial score (nSPS) is 11.2. The monoisotopic (exact) mass is 203 g/mol. The summed E-state index contributed by atoms with van der Waals surface area (Å²) < 4.78 is 0. The second-order valence-corrected chi connectivity index (χ2v) is 4.74. The van der Waals surface area contributed by atoms with Gasteiger partial charge in [0.1, 0.15) is 0 Å². The van der Waals surface area contributed by atoms with Crippen molar-refractivity contribution in [3.05, 3.63) is 29.3 Å². The van der Waals surface area contributed by atoms with Crippen molar-refractivity contribution in [3.8, 4) is 0 Å². The lowest BCUT2D eigenvalue weighted by Crippen LogP contribution is -2.48. The van der Waals surface area contributed by atoms with E-state index in [-0.39, 0.29) is 0 Å². The predicted molar refractivity (Wildman–Crippen MR) is 70.1 cm³/mol. The number of rotatable bonds is 3. The molecule has 0 fully saturated rings. The number of benzene rings is 1. The van der Waals surface area contributed by atoms with E-state index in [0.29, 0.717) is 12.9 Å². The first-order chi connectivity index (χ1) is 6.95. The summed E-state index contributed by atoms with van der Waals surface area (Å²) >= 11 is 0. The van der Waals surface area contributed by atoms with E-state index in [2.05, 4.69) is 64.6 Å². The van der Waals surface area contributed by atoms with E-state index in [1.165, 1.54) is 16.6 Å². The molecule has 0 amide bonds. The van der Waals surface area contributed by atoms with Gasteiger partial charge in [0.05, 0.1) is 0 Å². The lowest BCUT2D eigenvalue weighted by Gasteiger charge is -2.28. The standard InChI is InChI=1S/C13H22BN/c1-10(2)15(6)14(5)13-11(3)8-7-9-12(13)4/h7-10H,1-6H3. The van der Waals surface area contributed by atoms with Gasteiger partial charge in [-0.25, -0.2) is 0 Å². The van der Waals surface area contributed by atoms with E-state index in [1.807, 2.05) is 0 Å². The van der Waals surface area contributed by atoms with Gasteiger partial charge in [-0.3, -0.25) is 0 Å². The molecule has 0 heterocycles. The Balaban J connectivity index is 3.05. The fourth-order valence-corrected chi connectivity index (χ4v) is 2.14. The molecule has 0 spiro atoms. The van der Waals surface area contributed by atoms with Crippen LogP contribution in [0.15, 0.2) is 18.2 Å². The lowest BCUT2D eigenvalue weighted by molar-refractivity contribution is 0.436. The van der Waals surface area contributed by atoms with Crippen LogP contribution < -0.4 is 5.46 Å². The van der Waals surface area contributed by atoms with Gasteiger partial charge in [-0.2, -0.15) is 0 Å².